The highest BCUT2D eigenvalue weighted by Gasteiger charge is 2.26. The first-order valence-electron chi connectivity index (χ1n) is 11.7. The summed E-state index contributed by atoms with van der Waals surface area (Å²) >= 11 is 0. The van der Waals surface area contributed by atoms with Crippen LogP contribution in [0.2, 0.25) is 0 Å². The molecule has 1 aliphatic heterocycles. The van der Waals surface area contributed by atoms with Crippen molar-refractivity contribution in [3.8, 4) is 0 Å². The molecule has 2 fully saturated rings. The maximum absolute atomic E-state index is 12.2. The summed E-state index contributed by atoms with van der Waals surface area (Å²) in [5.74, 6) is 0.0342. The van der Waals surface area contributed by atoms with Crippen LogP contribution in [0.4, 0.5) is 0 Å². The van der Waals surface area contributed by atoms with E-state index in [0.717, 1.165) is 51.3 Å². The van der Waals surface area contributed by atoms with Gasteiger partial charge in [-0.25, -0.2) is 5.43 Å². The average Bonchev–Trinajstić information content (AvgIpc) is 2.84. The third kappa shape index (κ3) is 6.25. The number of carbonyl (C=O) groups is 1. The number of carbonyl (C=O) groups excluding carboxylic acids is 1. The number of nitrogens with zero attached hydrogens (tertiary/aromatic N) is 3. The van der Waals surface area contributed by atoms with Gasteiger partial charge in [-0.15, -0.1) is 0 Å². The van der Waals surface area contributed by atoms with E-state index >= 15 is 0 Å². The molecule has 31 heavy (non-hydrogen) atoms. The predicted molar refractivity (Wildman–Crippen MR) is 126 cm³/mol. The van der Waals surface area contributed by atoms with Crippen LogP contribution >= 0.6 is 0 Å². The summed E-state index contributed by atoms with van der Waals surface area (Å²) in [6, 6.07) is 21.8. The monoisotopic (exact) mass is 418 g/mol. The quantitative estimate of drug-likeness (QED) is 0.685. The van der Waals surface area contributed by atoms with Crippen molar-refractivity contribution in [3.05, 3.63) is 71.8 Å². The number of piperazine rings is 1. The highest BCUT2D eigenvalue weighted by molar-refractivity contribution is 5.86. The molecule has 0 spiro atoms. The van der Waals surface area contributed by atoms with Crippen LogP contribution in [0.1, 0.15) is 55.7 Å². The topological polar surface area (TPSA) is 47.9 Å². The maximum Gasteiger partial charge on any atom is 0.241 e. The minimum atomic E-state index is 0.0342. The Morgan fingerprint density at radius 1 is 0.839 bits per heavy atom. The smallest absolute Gasteiger partial charge is 0.241 e. The molecular weight excluding hydrogens is 384 g/mol. The first-order valence-corrected chi connectivity index (χ1v) is 11.7. The highest BCUT2D eigenvalue weighted by Crippen LogP contribution is 2.29. The van der Waals surface area contributed by atoms with Gasteiger partial charge in [0.25, 0.3) is 0 Å². The third-order valence-electron chi connectivity index (χ3n) is 6.43. The predicted octanol–water partition coefficient (Wildman–Crippen LogP) is 4.22. The van der Waals surface area contributed by atoms with Crippen LogP contribution in [0.5, 0.6) is 0 Å². The second kappa shape index (κ2) is 11.2. The van der Waals surface area contributed by atoms with Crippen LogP contribution in [0.3, 0.4) is 0 Å². The molecule has 1 aliphatic carbocycles. The maximum atomic E-state index is 12.2. The zero-order valence-corrected chi connectivity index (χ0v) is 18.4. The summed E-state index contributed by atoms with van der Waals surface area (Å²) in [6.45, 7) is 4.76. The summed E-state index contributed by atoms with van der Waals surface area (Å²) in [7, 11) is 0. The fraction of sp³-hybridized carbons (Fsp3) is 0.462. The van der Waals surface area contributed by atoms with E-state index in [4.69, 9.17) is 0 Å². The van der Waals surface area contributed by atoms with Crippen molar-refractivity contribution >= 4 is 11.6 Å². The van der Waals surface area contributed by atoms with Crippen molar-refractivity contribution in [2.75, 3.05) is 32.7 Å². The third-order valence-corrected chi connectivity index (χ3v) is 6.43. The second-order valence-corrected chi connectivity index (χ2v) is 8.63. The standard InChI is InChI=1S/C26H34N4O/c31-25(28-27-24-14-8-3-9-15-24)16-17-29-18-20-30(21-19-29)26(22-10-4-1-5-11-22)23-12-6-2-7-13-23/h1-2,4-7,10-13,26H,3,8-9,14-21H2,(H,28,31). The molecule has 164 valence electrons. The van der Waals surface area contributed by atoms with Gasteiger partial charge in [-0.05, 0) is 36.8 Å². The van der Waals surface area contributed by atoms with Gasteiger partial charge in [0.2, 0.25) is 5.91 Å². The van der Waals surface area contributed by atoms with Crippen molar-refractivity contribution in [1.82, 2.24) is 15.2 Å². The number of hydrazone groups is 1. The molecule has 0 aromatic heterocycles. The van der Waals surface area contributed by atoms with Gasteiger partial charge in [0.15, 0.2) is 0 Å². The molecule has 2 aliphatic rings. The van der Waals surface area contributed by atoms with Gasteiger partial charge in [-0.1, -0.05) is 67.1 Å². The Bertz CT molecular complexity index is 797. The van der Waals surface area contributed by atoms with Crippen LogP contribution in [0, 0.1) is 0 Å². The van der Waals surface area contributed by atoms with Crippen LogP contribution in [0.15, 0.2) is 65.8 Å². The Morgan fingerprint density at radius 2 is 1.42 bits per heavy atom. The van der Waals surface area contributed by atoms with Crippen molar-refractivity contribution in [1.29, 1.82) is 0 Å². The summed E-state index contributed by atoms with van der Waals surface area (Å²) in [4.78, 5) is 17.2. The van der Waals surface area contributed by atoms with E-state index in [9.17, 15) is 4.79 Å². The molecule has 4 rings (SSSR count). The minimum absolute atomic E-state index is 0.0342. The van der Waals surface area contributed by atoms with E-state index < -0.39 is 0 Å². The fourth-order valence-corrected chi connectivity index (χ4v) is 4.66. The van der Waals surface area contributed by atoms with Gasteiger partial charge in [-0.2, -0.15) is 5.10 Å². The second-order valence-electron chi connectivity index (χ2n) is 8.63. The Morgan fingerprint density at radius 3 is 2.00 bits per heavy atom. The molecule has 0 bridgehead atoms. The Hall–Kier alpha value is -2.50. The lowest BCUT2D eigenvalue weighted by atomic mass is 9.96. The van der Waals surface area contributed by atoms with Crippen molar-refractivity contribution in [3.63, 3.8) is 0 Å². The van der Waals surface area contributed by atoms with Crippen molar-refractivity contribution in [2.24, 2.45) is 5.10 Å². The summed E-state index contributed by atoms with van der Waals surface area (Å²) in [5, 5.41) is 4.34. The summed E-state index contributed by atoms with van der Waals surface area (Å²) < 4.78 is 0. The Labute approximate surface area is 186 Å². The highest BCUT2D eigenvalue weighted by atomic mass is 16.2. The average molecular weight is 419 g/mol. The Kier molecular flexibility index (Phi) is 7.86. The molecule has 0 unspecified atom stereocenters. The molecule has 1 amide bonds. The number of hydrogen-bond acceptors (Lipinski definition) is 4. The van der Waals surface area contributed by atoms with E-state index in [-0.39, 0.29) is 11.9 Å². The lowest BCUT2D eigenvalue weighted by Gasteiger charge is -2.39. The number of nitrogens with one attached hydrogen (secondary N) is 1. The van der Waals surface area contributed by atoms with Gasteiger partial charge >= 0.3 is 0 Å². The van der Waals surface area contributed by atoms with E-state index in [0.29, 0.717) is 6.42 Å². The first kappa shape index (κ1) is 21.7. The fourth-order valence-electron chi connectivity index (χ4n) is 4.66. The molecule has 1 saturated heterocycles. The number of amides is 1. The van der Waals surface area contributed by atoms with Gasteiger partial charge < -0.3 is 4.90 Å². The zero-order valence-electron chi connectivity index (χ0n) is 18.4. The van der Waals surface area contributed by atoms with Crippen LogP contribution in [0.25, 0.3) is 0 Å². The van der Waals surface area contributed by atoms with Gasteiger partial charge in [0, 0.05) is 44.9 Å². The van der Waals surface area contributed by atoms with Crippen molar-refractivity contribution in [2.45, 2.75) is 44.6 Å². The molecule has 0 radical (unpaired) electrons. The summed E-state index contributed by atoms with van der Waals surface area (Å²) in [5.41, 5.74) is 6.60. The normalized spacial score (nSPS) is 18.2. The van der Waals surface area contributed by atoms with E-state index in [1.807, 2.05) is 0 Å². The van der Waals surface area contributed by atoms with E-state index in [1.54, 1.807) is 0 Å². The molecule has 2 aromatic carbocycles. The molecule has 2 aromatic rings. The number of benzene rings is 2. The van der Waals surface area contributed by atoms with E-state index in [2.05, 4.69) is 81.0 Å². The first-order chi connectivity index (χ1) is 15.3. The lowest BCUT2D eigenvalue weighted by molar-refractivity contribution is -0.121. The number of hydrogen-bond donors (Lipinski definition) is 1. The lowest BCUT2D eigenvalue weighted by Crippen LogP contribution is -2.48. The van der Waals surface area contributed by atoms with Crippen LogP contribution in [-0.2, 0) is 4.79 Å². The largest absolute Gasteiger partial charge is 0.300 e. The minimum Gasteiger partial charge on any atom is -0.300 e. The summed E-state index contributed by atoms with van der Waals surface area (Å²) in [6.07, 6.45) is 6.27. The van der Waals surface area contributed by atoms with E-state index in [1.165, 1.54) is 30.4 Å². The van der Waals surface area contributed by atoms with Crippen LogP contribution < -0.4 is 5.43 Å². The van der Waals surface area contributed by atoms with Gasteiger partial charge in [0.1, 0.15) is 0 Å². The van der Waals surface area contributed by atoms with Crippen LogP contribution in [-0.4, -0.2) is 54.1 Å². The zero-order chi connectivity index (χ0) is 21.3. The molecule has 5 heteroatoms. The molecule has 5 nitrogen and oxygen atoms in total. The molecule has 1 N–H and O–H groups in total. The Balaban J connectivity index is 1.28. The molecule has 0 atom stereocenters. The van der Waals surface area contributed by atoms with Crippen molar-refractivity contribution < 1.29 is 4.79 Å². The number of rotatable bonds is 7. The molecule has 1 heterocycles. The molecular formula is C26H34N4O. The van der Waals surface area contributed by atoms with Gasteiger partial charge in [-0.3, -0.25) is 9.69 Å². The molecule has 1 saturated carbocycles. The SMILES string of the molecule is O=C(CCN1CCN(C(c2ccccc2)c2ccccc2)CC1)NN=C1CCCCC1. The van der Waals surface area contributed by atoms with Gasteiger partial charge in [0.05, 0.1) is 6.04 Å².